The van der Waals surface area contributed by atoms with Crippen LogP contribution < -0.4 is 10.6 Å². The second-order valence-corrected chi connectivity index (χ2v) is 5.67. The van der Waals surface area contributed by atoms with Crippen molar-refractivity contribution in [1.29, 1.82) is 0 Å². The second-order valence-electron chi connectivity index (χ2n) is 5.67. The van der Waals surface area contributed by atoms with Crippen molar-refractivity contribution in [2.75, 3.05) is 5.32 Å². The van der Waals surface area contributed by atoms with Gasteiger partial charge in [-0.3, -0.25) is 14.6 Å². The highest BCUT2D eigenvalue weighted by Gasteiger charge is 2.17. The smallest absolute Gasteiger partial charge is 0.313 e. The lowest BCUT2D eigenvalue weighted by atomic mass is 10.1. The van der Waals surface area contributed by atoms with E-state index in [2.05, 4.69) is 15.6 Å². The number of aromatic nitrogens is 1. The highest BCUT2D eigenvalue weighted by Crippen LogP contribution is 2.22. The van der Waals surface area contributed by atoms with Gasteiger partial charge in [-0.15, -0.1) is 0 Å². The summed E-state index contributed by atoms with van der Waals surface area (Å²) in [6.07, 6.45) is 0. The minimum Gasteiger partial charge on any atom is -0.344 e. The van der Waals surface area contributed by atoms with E-state index in [4.69, 9.17) is 0 Å². The Hall–Kier alpha value is -3.35. The Bertz CT molecular complexity index is 985. The Kier molecular flexibility index (Phi) is 4.88. The maximum absolute atomic E-state index is 13.6. The van der Waals surface area contributed by atoms with Crippen LogP contribution in [-0.2, 0) is 16.1 Å². The van der Waals surface area contributed by atoms with Crippen LogP contribution in [0.15, 0.2) is 48.5 Å². The van der Waals surface area contributed by atoms with Crippen molar-refractivity contribution >= 4 is 28.4 Å². The predicted octanol–water partition coefficient (Wildman–Crippen LogP) is 3.08. The van der Waals surface area contributed by atoms with Crippen LogP contribution in [0.2, 0.25) is 0 Å². The number of fused-ring (bicyclic) bond motifs is 1. The molecule has 0 aliphatic rings. The highest BCUT2D eigenvalue weighted by atomic mass is 19.1. The van der Waals surface area contributed by atoms with Gasteiger partial charge in [0.1, 0.15) is 11.6 Å². The molecule has 7 heteroatoms. The Labute approximate surface area is 148 Å². The normalized spacial score (nSPS) is 10.6. The molecule has 0 saturated carbocycles. The van der Waals surface area contributed by atoms with Gasteiger partial charge < -0.3 is 10.6 Å². The van der Waals surface area contributed by atoms with Gasteiger partial charge in [0.25, 0.3) is 0 Å². The number of halogens is 2. The number of aryl methyl sites for hydroxylation is 1. The Morgan fingerprint density at radius 2 is 1.69 bits per heavy atom. The number of benzene rings is 2. The van der Waals surface area contributed by atoms with E-state index in [1.54, 1.807) is 31.2 Å². The van der Waals surface area contributed by atoms with Crippen molar-refractivity contribution in [2.45, 2.75) is 13.5 Å². The number of amides is 2. The highest BCUT2D eigenvalue weighted by molar-refractivity contribution is 6.40. The largest absolute Gasteiger partial charge is 0.344 e. The fraction of sp³-hybridized carbons (Fsp3) is 0.105. The number of pyridine rings is 1. The molecule has 0 aliphatic heterocycles. The first-order valence-corrected chi connectivity index (χ1v) is 7.84. The van der Waals surface area contributed by atoms with Gasteiger partial charge in [0.15, 0.2) is 0 Å². The molecule has 5 nitrogen and oxygen atoms in total. The molecule has 1 heterocycles. The lowest BCUT2D eigenvalue weighted by molar-refractivity contribution is -0.136. The molecule has 132 valence electrons. The van der Waals surface area contributed by atoms with E-state index in [1.165, 1.54) is 6.07 Å². The number of carbonyl (C=O) groups excluding carboxylic acids is 2. The summed E-state index contributed by atoms with van der Waals surface area (Å²) < 4.78 is 27.1. The summed E-state index contributed by atoms with van der Waals surface area (Å²) in [6.45, 7) is 1.34. The predicted molar refractivity (Wildman–Crippen MR) is 93.3 cm³/mol. The summed E-state index contributed by atoms with van der Waals surface area (Å²) in [7, 11) is 0. The van der Waals surface area contributed by atoms with Gasteiger partial charge in [0.05, 0.1) is 11.2 Å². The van der Waals surface area contributed by atoms with Crippen molar-refractivity contribution in [1.82, 2.24) is 10.3 Å². The zero-order valence-electron chi connectivity index (χ0n) is 13.8. The molecule has 0 saturated heterocycles. The van der Waals surface area contributed by atoms with E-state index >= 15 is 0 Å². The molecule has 0 fully saturated rings. The SMILES string of the molecule is Cc1cc(NC(=O)C(=O)NCc2c(F)cccc2F)c2ccccc2n1. The first-order valence-electron chi connectivity index (χ1n) is 7.84. The van der Waals surface area contributed by atoms with Crippen LogP contribution >= 0.6 is 0 Å². The summed E-state index contributed by atoms with van der Waals surface area (Å²) in [5.41, 5.74) is 1.48. The third-order valence-electron chi connectivity index (χ3n) is 3.79. The molecule has 2 N–H and O–H groups in total. The summed E-state index contributed by atoms with van der Waals surface area (Å²) in [5, 5.41) is 5.41. The third-order valence-corrected chi connectivity index (χ3v) is 3.79. The molecule has 26 heavy (non-hydrogen) atoms. The lowest BCUT2D eigenvalue weighted by Crippen LogP contribution is -2.35. The quantitative estimate of drug-likeness (QED) is 0.710. The van der Waals surface area contributed by atoms with E-state index < -0.39 is 30.0 Å². The van der Waals surface area contributed by atoms with E-state index in [0.29, 0.717) is 22.3 Å². The summed E-state index contributed by atoms with van der Waals surface area (Å²) in [5.74, 6) is -3.51. The van der Waals surface area contributed by atoms with Gasteiger partial charge in [-0.25, -0.2) is 8.78 Å². The molecule has 2 amide bonds. The van der Waals surface area contributed by atoms with Gasteiger partial charge in [-0.1, -0.05) is 24.3 Å². The zero-order valence-corrected chi connectivity index (χ0v) is 13.8. The molecule has 3 aromatic rings. The maximum Gasteiger partial charge on any atom is 0.313 e. The fourth-order valence-electron chi connectivity index (χ4n) is 2.54. The number of hydrogen-bond acceptors (Lipinski definition) is 3. The number of nitrogens with zero attached hydrogens (tertiary/aromatic N) is 1. The molecule has 0 bridgehead atoms. The second kappa shape index (κ2) is 7.26. The summed E-state index contributed by atoms with van der Waals surface area (Å²) >= 11 is 0. The topological polar surface area (TPSA) is 71.1 Å². The van der Waals surface area contributed by atoms with Crippen molar-refractivity contribution in [3.05, 3.63) is 71.4 Å². The number of anilines is 1. The standard InChI is InChI=1S/C19H15F2N3O2/c1-11-9-17(12-5-2-3-8-16(12)23-11)24-19(26)18(25)22-10-13-14(20)6-4-7-15(13)21/h2-9H,10H2,1H3,(H,22,25)(H,23,24,26). The van der Waals surface area contributed by atoms with Crippen LogP contribution in [0, 0.1) is 18.6 Å². The van der Waals surface area contributed by atoms with Crippen molar-refractivity contribution in [3.8, 4) is 0 Å². The minimum atomic E-state index is -0.994. The molecule has 2 aromatic carbocycles. The fourth-order valence-corrected chi connectivity index (χ4v) is 2.54. The molecule has 0 spiro atoms. The van der Waals surface area contributed by atoms with E-state index in [0.717, 1.165) is 12.1 Å². The number of hydrogen-bond donors (Lipinski definition) is 2. The average Bonchev–Trinajstić information content (AvgIpc) is 2.61. The van der Waals surface area contributed by atoms with Crippen molar-refractivity contribution in [2.24, 2.45) is 0 Å². The average molecular weight is 355 g/mol. The molecule has 1 aromatic heterocycles. The molecular weight excluding hydrogens is 340 g/mol. The van der Waals surface area contributed by atoms with Crippen molar-refractivity contribution in [3.63, 3.8) is 0 Å². The van der Waals surface area contributed by atoms with Gasteiger partial charge in [0.2, 0.25) is 0 Å². The van der Waals surface area contributed by atoms with Gasteiger partial charge in [-0.2, -0.15) is 0 Å². The molecular formula is C19H15F2N3O2. The number of carbonyl (C=O) groups is 2. The van der Waals surface area contributed by atoms with Gasteiger partial charge >= 0.3 is 11.8 Å². The number of rotatable bonds is 3. The van der Waals surface area contributed by atoms with Crippen LogP contribution in [0.3, 0.4) is 0 Å². The van der Waals surface area contributed by atoms with E-state index in [9.17, 15) is 18.4 Å². The van der Waals surface area contributed by atoms with Crippen LogP contribution in [0.5, 0.6) is 0 Å². The first-order chi connectivity index (χ1) is 12.5. The minimum absolute atomic E-state index is 0.307. The Morgan fingerprint density at radius 1 is 1.00 bits per heavy atom. The first kappa shape index (κ1) is 17.5. The monoisotopic (exact) mass is 355 g/mol. The molecule has 0 radical (unpaired) electrons. The Balaban J connectivity index is 1.73. The van der Waals surface area contributed by atoms with E-state index in [1.807, 2.05) is 6.07 Å². The summed E-state index contributed by atoms with van der Waals surface area (Å²) in [6, 6.07) is 12.2. The third kappa shape index (κ3) is 3.66. The Morgan fingerprint density at radius 3 is 2.42 bits per heavy atom. The lowest BCUT2D eigenvalue weighted by Gasteiger charge is -2.10. The van der Waals surface area contributed by atoms with E-state index in [-0.39, 0.29) is 5.56 Å². The zero-order chi connectivity index (χ0) is 18.7. The van der Waals surface area contributed by atoms with Gasteiger partial charge in [-0.05, 0) is 31.2 Å². The number of nitrogens with one attached hydrogen (secondary N) is 2. The number of para-hydroxylation sites is 1. The molecule has 0 atom stereocenters. The molecule has 3 rings (SSSR count). The summed E-state index contributed by atoms with van der Waals surface area (Å²) in [4.78, 5) is 28.5. The maximum atomic E-state index is 13.6. The van der Waals surface area contributed by atoms with Crippen LogP contribution in [0.4, 0.5) is 14.5 Å². The van der Waals surface area contributed by atoms with Crippen LogP contribution in [0.1, 0.15) is 11.3 Å². The molecule has 0 aliphatic carbocycles. The van der Waals surface area contributed by atoms with Crippen molar-refractivity contribution < 1.29 is 18.4 Å². The molecule has 0 unspecified atom stereocenters. The van der Waals surface area contributed by atoms with Crippen LogP contribution in [-0.4, -0.2) is 16.8 Å². The van der Waals surface area contributed by atoms with Gasteiger partial charge in [0, 0.05) is 23.2 Å². The van der Waals surface area contributed by atoms with Crippen LogP contribution in [0.25, 0.3) is 10.9 Å².